The van der Waals surface area contributed by atoms with Crippen molar-refractivity contribution in [1.29, 1.82) is 0 Å². The Balaban J connectivity index is 1.95. The largest absolute Gasteiger partial charge is 0.493 e. The van der Waals surface area contributed by atoms with Crippen molar-refractivity contribution in [1.82, 2.24) is 4.90 Å². The molecule has 0 aliphatic carbocycles. The van der Waals surface area contributed by atoms with Crippen LogP contribution in [-0.4, -0.2) is 42.1 Å². The lowest BCUT2D eigenvalue weighted by Crippen LogP contribution is -2.43. The summed E-state index contributed by atoms with van der Waals surface area (Å²) in [4.78, 5) is 25.5. The average molecular weight is 370 g/mol. The molecule has 7 nitrogen and oxygen atoms in total. The monoisotopic (exact) mass is 370 g/mol. The highest BCUT2D eigenvalue weighted by Crippen LogP contribution is 2.36. The van der Waals surface area contributed by atoms with Crippen molar-refractivity contribution in [2.24, 2.45) is 0 Å². The molecule has 0 saturated heterocycles. The summed E-state index contributed by atoms with van der Waals surface area (Å²) in [5.74, 6) is -0.334. The van der Waals surface area contributed by atoms with Gasteiger partial charge in [-0.25, -0.2) is 4.79 Å². The van der Waals surface area contributed by atoms with Gasteiger partial charge >= 0.3 is 5.97 Å². The fraction of sp³-hybridized carbons (Fsp3) is 0.300. The fourth-order valence-corrected chi connectivity index (χ4v) is 3.14. The molecule has 1 aliphatic heterocycles. The lowest BCUT2D eigenvalue weighted by Gasteiger charge is -2.38. The van der Waals surface area contributed by atoms with Crippen LogP contribution in [0.1, 0.15) is 35.4 Å². The summed E-state index contributed by atoms with van der Waals surface area (Å²) >= 11 is 0. The van der Waals surface area contributed by atoms with Crippen molar-refractivity contribution in [2.75, 3.05) is 25.6 Å². The number of nitrogens with zero attached hydrogens (tertiary/aromatic N) is 1. The molecule has 0 unspecified atom stereocenters. The van der Waals surface area contributed by atoms with Gasteiger partial charge in [0.15, 0.2) is 18.1 Å². The molecule has 1 amide bonds. The summed E-state index contributed by atoms with van der Waals surface area (Å²) in [5.41, 5.74) is 2.26. The number of methoxy groups -OCH3 is 1. The number of benzene rings is 2. The van der Waals surface area contributed by atoms with Gasteiger partial charge in [0.2, 0.25) is 0 Å². The third-order valence-corrected chi connectivity index (χ3v) is 4.34. The molecule has 0 radical (unpaired) electrons. The second-order valence-corrected chi connectivity index (χ2v) is 6.18. The first kappa shape index (κ1) is 18.6. The van der Waals surface area contributed by atoms with Crippen molar-refractivity contribution >= 4 is 17.6 Å². The standard InChI is InChI=1S/C20H22N2O5/c1-3-10-22-19(21-15-7-5-4-6-14(15)20(22)25)13-8-9-16(17(11-13)26-2)27-12-18(23)24/h4-9,11,19,21H,3,10,12H2,1-2H3,(H,23,24)/t19-/m1/s1. The minimum Gasteiger partial charge on any atom is -0.493 e. The molecule has 0 bridgehead atoms. The first-order valence-electron chi connectivity index (χ1n) is 8.74. The summed E-state index contributed by atoms with van der Waals surface area (Å²) < 4.78 is 10.6. The molecule has 27 heavy (non-hydrogen) atoms. The number of aliphatic carboxylic acids is 1. The minimum atomic E-state index is -1.06. The molecule has 0 fully saturated rings. The molecular weight excluding hydrogens is 348 g/mol. The second kappa shape index (κ2) is 7.99. The molecule has 2 aromatic carbocycles. The molecule has 142 valence electrons. The van der Waals surface area contributed by atoms with Gasteiger partial charge in [0.1, 0.15) is 6.17 Å². The van der Waals surface area contributed by atoms with Crippen molar-refractivity contribution in [3.05, 3.63) is 53.6 Å². The third-order valence-electron chi connectivity index (χ3n) is 4.34. The quantitative estimate of drug-likeness (QED) is 0.778. The predicted molar refractivity (Wildman–Crippen MR) is 100 cm³/mol. The normalized spacial score (nSPS) is 15.7. The molecule has 1 heterocycles. The molecule has 2 N–H and O–H groups in total. The number of nitrogens with one attached hydrogen (secondary N) is 1. The highest BCUT2D eigenvalue weighted by Gasteiger charge is 2.32. The Hall–Kier alpha value is -3.22. The number of amides is 1. The van der Waals surface area contributed by atoms with Gasteiger partial charge in [-0.2, -0.15) is 0 Å². The number of carboxylic acids is 1. The average Bonchev–Trinajstić information content (AvgIpc) is 2.68. The van der Waals surface area contributed by atoms with Crippen molar-refractivity contribution in [3.63, 3.8) is 0 Å². The van der Waals surface area contributed by atoms with Crippen LogP contribution in [0.4, 0.5) is 5.69 Å². The SMILES string of the molecule is CCCN1C(=O)c2ccccc2N[C@H]1c1ccc(OCC(=O)O)c(OC)c1. The molecule has 0 aromatic heterocycles. The number of carboxylic acid groups (broad SMARTS) is 1. The minimum absolute atomic E-state index is 0.0265. The summed E-state index contributed by atoms with van der Waals surface area (Å²) in [6.45, 7) is 2.17. The lowest BCUT2D eigenvalue weighted by atomic mass is 10.0. The second-order valence-electron chi connectivity index (χ2n) is 6.18. The van der Waals surface area contributed by atoms with Crippen molar-refractivity contribution in [3.8, 4) is 11.5 Å². The smallest absolute Gasteiger partial charge is 0.341 e. The van der Waals surface area contributed by atoms with Gasteiger partial charge in [-0.15, -0.1) is 0 Å². The molecule has 0 saturated carbocycles. The fourth-order valence-electron chi connectivity index (χ4n) is 3.14. The van der Waals surface area contributed by atoms with Crippen LogP contribution in [-0.2, 0) is 4.79 Å². The Bertz CT molecular complexity index is 852. The summed E-state index contributed by atoms with van der Waals surface area (Å²) in [6, 6.07) is 12.7. The maximum Gasteiger partial charge on any atom is 0.341 e. The summed E-state index contributed by atoms with van der Waals surface area (Å²) in [6.07, 6.45) is 0.470. The molecule has 2 aromatic rings. The van der Waals surface area contributed by atoms with E-state index in [1.165, 1.54) is 7.11 Å². The van der Waals surface area contributed by atoms with Crippen LogP contribution in [0.25, 0.3) is 0 Å². The molecule has 1 atom stereocenters. The topological polar surface area (TPSA) is 88.1 Å². The van der Waals surface area contributed by atoms with Gasteiger partial charge in [-0.1, -0.05) is 25.1 Å². The molecule has 7 heteroatoms. The van der Waals surface area contributed by atoms with Gasteiger partial charge in [-0.05, 0) is 36.2 Å². The zero-order valence-corrected chi connectivity index (χ0v) is 15.3. The van der Waals surface area contributed by atoms with Crippen molar-refractivity contribution in [2.45, 2.75) is 19.5 Å². The Labute approximate surface area is 157 Å². The van der Waals surface area contributed by atoms with Crippen molar-refractivity contribution < 1.29 is 24.2 Å². The number of carbonyl (C=O) groups is 2. The van der Waals surface area contributed by atoms with E-state index in [0.717, 1.165) is 17.7 Å². The van der Waals surface area contributed by atoms with E-state index >= 15 is 0 Å². The zero-order chi connectivity index (χ0) is 19.4. The zero-order valence-electron chi connectivity index (χ0n) is 15.3. The van der Waals surface area contributed by atoms with Crippen LogP contribution in [0, 0.1) is 0 Å². The number of fused-ring (bicyclic) bond motifs is 1. The molecule has 1 aliphatic rings. The Morgan fingerprint density at radius 2 is 2.00 bits per heavy atom. The molecule has 3 rings (SSSR count). The van der Waals surface area contributed by atoms with E-state index in [1.807, 2.05) is 31.2 Å². The number of carbonyl (C=O) groups excluding carboxylic acids is 1. The van der Waals surface area contributed by atoms with Gasteiger partial charge < -0.3 is 24.8 Å². The van der Waals surface area contributed by atoms with Crippen LogP contribution >= 0.6 is 0 Å². The highest BCUT2D eigenvalue weighted by molar-refractivity contribution is 6.01. The summed E-state index contributed by atoms with van der Waals surface area (Å²) in [5, 5.41) is 12.2. The Morgan fingerprint density at radius 3 is 2.70 bits per heavy atom. The van der Waals surface area contributed by atoms with E-state index < -0.39 is 12.6 Å². The molecule has 0 spiro atoms. The van der Waals surface area contributed by atoms with Crippen LogP contribution in [0.2, 0.25) is 0 Å². The van der Waals surface area contributed by atoms with E-state index in [0.29, 0.717) is 23.6 Å². The van der Waals surface area contributed by atoms with E-state index in [4.69, 9.17) is 14.6 Å². The maximum atomic E-state index is 13.0. The predicted octanol–water partition coefficient (Wildman–Crippen LogP) is 3.14. The number of rotatable bonds is 7. The first-order chi connectivity index (χ1) is 13.0. The molecular formula is C20H22N2O5. The summed E-state index contributed by atoms with van der Waals surface area (Å²) in [7, 11) is 1.49. The van der Waals surface area contributed by atoms with Gasteiger partial charge in [0.25, 0.3) is 5.91 Å². The van der Waals surface area contributed by atoms with E-state index in [2.05, 4.69) is 5.32 Å². The van der Waals surface area contributed by atoms with Gasteiger partial charge in [0, 0.05) is 12.2 Å². The highest BCUT2D eigenvalue weighted by atomic mass is 16.5. The van der Waals surface area contributed by atoms with Gasteiger partial charge in [-0.3, -0.25) is 4.79 Å². The Kier molecular flexibility index (Phi) is 5.49. The number of hydrogen-bond donors (Lipinski definition) is 2. The van der Waals surface area contributed by atoms with Gasteiger partial charge in [0.05, 0.1) is 12.7 Å². The third kappa shape index (κ3) is 3.81. The van der Waals surface area contributed by atoms with Crippen LogP contribution < -0.4 is 14.8 Å². The number of hydrogen-bond acceptors (Lipinski definition) is 5. The van der Waals surface area contributed by atoms with E-state index in [9.17, 15) is 9.59 Å². The van der Waals surface area contributed by atoms with Crippen LogP contribution in [0.3, 0.4) is 0 Å². The van der Waals surface area contributed by atoms with E-state index in [-0.39, 0.29) is 12.1 Å². The number of anilines is 1. The van der Waals surface area contributed by atoms with Crippen LogP contribution in [0.5, 0.6) is 11.5 Å². The Morgan fingerprint density at radius 1 is 1.22 bits per heavy atom. The number of ether oxygens (including phenoxy) is 2. The van der Waals surface area contributed by atoms with Crippen LogP contribution in [0.15, 0.2) is 42.5 Å². The first-order valence-corrected chi connectivity index (χ1v) is 8.74. The maximum absolute atomic E-state index is 13.0. The lowest BCUT2D eigenvalue weighted by molar-refractivity contribution is -0.139. The number of para-hydroxylation sites is 1. The van der Waals surface area contributed by atoms with E-state index in [1.54, 1.807) is 23.1 Å².